The van der Waals surface area contributed by atoms with E-state index in [2.05, 4.69) is 10.0 Å². The molecule has 1 amide bonds. The van der Waals surface area contributed by atoms with Crippen molar-refractivity contribution in [2.24, 2.45) is 0 Å². The van der Waals surface area contributed by atoms with E-state index in [-0.39, 0.29) is 5.91 Å². The van der Waals surface area contributed by atoms with Crippen LogP contribution in [-0.2, 0) is 11.0 Å². The lowest BCUT2D eigenvalue weighted by atomic mass is 10.1. The van der Waals surface area contributed by atoms with E-state index in [1.165, 1.54) is 6.07 Å². The maximum Gasteiger partial charge on any atom is 0.255 e. The molecule has 0 fully saturated rings. The Labute approximate surface area is 153 Å². The third-order valence-corrected chi connectivity index (χ3v) is 4.78. The second-order valence-corrected chi connectivity index (χ2v) is 6.77. The Hall–Kier alpha value is -3.32. The molecule has 3 aromatic carbocycles. The maximum atomic E-state index is 12.3. The van der Waals surface area contributed by atoms with Gasteiger partial charge >= 0.3 is 0 Å². The van der Waals surface area contributed by atoms with Gasteiger partial charge in [-0.2, -0.15) is 0 Å². The smallest absolute Gasteiger partial charge is 0.255 e. The van der Waals surface area contributed by atoms with Crippen molar-refractivity contribution in [1.82, 2.24) is 0 Å². The Balaban J connectivity index is 1.66. The zero-order valence-electron chi connectivity index (χ0n) is 13.8. The van der Waals surface area contributed by atoms with Gasteiger partial charge in [-0.05, 0) is 54.6 Å². The first-order valence-corrected chi connectivity index (χ1v) is 8.98. The lowest BCUT2D eigenvalue weighted by Crippen LogP contribution is -2.12. The molecule has 0 bridgehead atoms. The Kier molecular flexibility index (Phi) is 5.19. The first-order chi connectivity index (χ1) is 12.5. The highest BCUT2D eigenvalue weighted by Crippen LogP contribution is 2.19. The molecule has 6 nitrogen and oxygen atoms in total. The van der Waals surface area contributed by atoms with Crippen LogP contribution in [0.3, 0.4) is 0 Å². The molecule has 0 aromatic heterocycles. The van der Waals surface area contributed by atoms with Crippen molar-refractivity contribution < 1.29 is 9.00 Å². The van der Waals surface area contributed by atoms with Gasteiger partial charge in [-0.1, -0.05) is 18.2 Å². The summed E-state index contributed by atoms with van der Waals surface area (Å²) in [7, 11) is -1.39. The summed E-state index contributed by atoms with van der Waals surface area (Å²) >= 11 is 0. The second-order valence-electron chi connectivity index (χ2n) is 5.56. The molecule has 3 rings (SSSR count). The van der Waals surface area contributed by atoms with Crippen LogP contribution >= 0.6 is 0 Å². The average molecular weight is 366 g/mol. The molecule has 0 aliphatic rings. The van der Waals surface area contributed by atoms with Crippen LogP contribution in [0, 0.1) is 0 Å². The van der Waals surface area contributed by atoms with Gasteiger partial charge in [0.1, 0.15) is 11.0 Å². The van der Waals surface area contributed by atoms with Gasteiger partial charge in [0.05, 0.1) is 16.3 Å². The van der Waals surface area contributed by atoms with Crippen LogP contribution in [0.15, 0.2) is 77.7 Å². The fourth-order valence-corrected chi connectivity index (χ4v) is 3.10. The summed E-state index contributed by atoms with van der Waals surface area (Å²) in [5.41, 5.74) is 13.9. The molecule has 0 spiro atoms. The number of rotatable bonds is 5. The van der Waals surface area contributed by atoms with E-state index in [9.17, 15) is 9.00 Å². The third-order valence-electron chi connectivity index (χ3n) is 3.66. The van der Waals surface area contributed by atoms with E-state index >= 15 is 0 Å². The molecule has 0 radical (unpaired) electrons. The van der Waals surface area contributed by atoms with Crippen molar-refractivity contribution in [3.8, 4) is 0 Å². The van der Waals surface area contributed by atoms with Crippen LogP contribution in [0.4, 0.5) is 22.7 Å². The minimum absolute atomic E-state index is 0.298. The Bertz CT molecular complexity index is 944. The number of hydrogen-bond acceptors (Lipinski definition) is 4. The second kappa shape index (κ2) is 7.71. The molecule has 3 aromatic rings. The van der Waals surface area contributed by atoms with Crippen molar-refractivity contribution in [3.63, 3.8) is 0 Å². The average Bonchev–Trinajstić information content (AvgIpc) is 2.65. The molecule has 0 aliphatic carbocycles. The van der Waals surface area contributed by atoms with E-state index in [1.54, 1.807) is 36.4 Å². The molecule has 7 heteroatoms. The lowest BCUT2D eigenvalue weighted by molar-refractivity contribution is 0.102. The van der Waals surface area contributed by atoms with Crippen LogP contribution < -0.4 is 21.5 Å². The number of nitrogens with one attached hydrogen (secondary N) is 2. The summed E-state index contributed by atoms with van der Waals surface area (Å²) < 4.78 is 15.2. The number of nitrogens with two attached hydrogens (primary N) is 2. The lowest BCUT2D eigenvalue weighted by Gasteiger charge is -2.09. The van der Waals surface area contributed by atoms with Crippen LogP contribution in [-0.4, -0.2) is 10.1 Å². The predicted molar refractivity (Wildman–Crippen MR) is 106 cm³/mol. The number of benzene rings is 3. The zero-order chi connectivity index (χ0) is 18.5. The monoisotopic (exact) mass is 366 g/mol. The number of para-hydroxylation sites is 1. The largest absolute Gasteiger partial charge is 0.397 e. The third kappa shape index (κ3) is 4.20. The highest BCUT2D eigenvalue weighted by atomic mass is 32.2. The minimum Gasteiger partial charge on any atom is -0.397 e. The minimum atomic E-state index is -1.39. The van der Waals surface area contributed by atoms with Gasteiger partial charge in [0, 0.05) is 16.9 Å². The first-order valence-electron chi connectivity index (χ1n) is 7.83. The Morgan fingerprint density at radius 3 is 2.15 bits per heavy atom. The van der Waals surface area contributed by atoms with Crippen LogP contribution in [0.25, 0.3) is 0 Å². The maximum absolute atomic E-state index is 12.3. The molecule has 6 N–H and O–H groups in total. The van der Waals surface area contributed by atoms with E-state index in [4.69, 9.17) is 11.5 Å². The molecule has 26 heavy (non-hydrogen) atoms. The SMILES string of the molecule is Nc1ccc(C(=O)Nc2ccc(S(=O)Nc3ccccc3)cc2)cc1N. The number of amides is 1. The Morgan fingerprint density at radius 1 is 0.808 bits per heavy atom. The molecule has 0 heterocycles. The number of nitrogen functional groups attached to an aromatic ring is 2. The van der Waals surface area contributed by atoms with Gasteiger partial charge in [0.15, 0.2) is 0 Å². The summed E-state index contributed by atoms with van der Waals surface area (Å²) in [5.74, 6) is -0.298. The topological polar surface area (TPSA) is 110 Å². The highest BCUT2D eigenvalue weighted by Gasteiger charge is 2.09. The summed E-state index contributed by atoms with van der Waals surface area (Å²) in [6.07, 6.45) is 0. The van der Waals surface area contributed by atoms with Gasteiger partial charge in [-0.15, -0.1) is 0 Å². The van der Waals surface area contributed by atoms with E-state index in [1.807, 2.05) is 30.3 Å². The van der Waals surface area contributed by atoms with E-state index in [0.717, 1.165) is 5.69 Å². The van der Waals surface area contributed by atoms with Gasteiger partial charge in [0.2, 0.25) is 0 Å². The van der Waals surface area contributed by atoms with Crippen LogP contribution in [0.5, 0.6) is 0 Å². The molecule has 0 aliphatic heterocycles. The van der Waals surface area contributed by atoms with Gasteiger partial charge in [0.25, 0.3) is 5.91 Å². The van der Waals surface area contributed by atoms with Crippen LogP contribution in [0.1, 0.15) is 10.4 Å². The van der Waals surface area contributed by atoms with Crippen molar-refractivity contribution in [3.05, 3.63) is 78.4 Å². The van der Waals surface area contributed by atoms with Crippen molar-refractivity contribution in [2.75, 3.05) is 21.5 Å². The van der Waals surface area contributed by atoms with Crippen molar-refractivity contribution in [1.29, 1.82) is 0 Å². The molecular weight excluding hydrogens is 348 g/mol. The summed E-state index contributed by atoms with van der Waals surface area (Å²) in [4.78, 5) is 12.9. The number of carbonyl (C=O) groups excluding carboxylic acids is 1. The van der Waals surface area contributed by atoms with Crippen molar-refractivity contribution in [2.45, 2.75) is 4.90 Å². The van der Waals surface area contributed by atoms with E-state index < -0.39 is 11.0 Å². The van der Waals surface area contributed by atoms with Gasteiger partial charge in [-0.3, -0.25) is 4.79 Å². The van der Waals surface area contributed by atoms with Gasteiger partial charge < -0.3 is 21.5 Å². The number of anilines is 4. The highest BCUT2D eigenvalue weighted by molar-refractivity contribution is 7.86. The zero-order valence-corrected chi connectivity index (χ0v) is 14.6. The quantitative estimate of drug-likeness (QED) is 0.520. The fraction of sp³-hybridized carbons (Fsp3) is 0. The predicted octanol–water partition coefficient (Wildman–Crippen LogP) is 3.24. The summed E-state index contributed by atoms with van der Waals surface area (Å²) in [5, 5.41) is 2.77. The number of carbonyl (C=O) groups is 1. The molecule has 0 saturated heterocycles. The molecule has 0 saturated carbocycles. The first kappa shape index (κ1) is 17.5. The molecular formula is C19H18N4O2S. The molecule has 1 unspecified atom stereocenters. The standard InChI is InChI=1S/C19H18N4O2S/c20-17-11-6-13(12-18(17)21)19(24)22-14-7-9-16(10-8-14)26(25)23-15-4-2-1-3-5-15/h1-12,23H,20-21H2,(H,22,24). The summed E-state index contributed by atoms with van der Waals surface area (Å²) in [6, 6.07) is 20.8. The molecule has 132 valence electrons. The van der Waals surface area contributed by atoms with Gasteiger partial charge in [-0.25, -0.2) is 4.21 Å². The fourth-order valence-electron chi connectivity index (χ4n) is 2.25. The Morgan fingerprint density at radius 2 is 1.50 bits per heavy atom. The van der Waals surface area contributed by atoms with E-state index in [0.29, 0.717) is 27.5 Å². The van der Waals surface area contributed by atoms with Crippen molar-refractivity contribution >= 4 is 39.6 Å². The summed E-state index contributed by atoms with van der Waals surface area (Å²) in [6.45, 7) is 0. The van der Waals surface area contributed by atoms with Crippen LogP contribution in [0.2, 0.25) is 0 Å². The normalized spacial score (nSPS) is 11.5. The molecule has 1 atom stereocenters. The number of hydrogen-bond donors (Lipinski definition) is 4.